The van der Waals surface area contributed by atoms with Crippen molar-refractivity contribution < 1.29 is 5.11 Å². The summed E-state index contributed by atoms with van der Waals surface area (Å²) in [7, 11) is 0. The molecule has 0 amide bonds. The maximum Gasteiger partial charge on any atom is 0.0579 e. The maximum absolute atomic E-state index is 10.00. The van der Waals surface area contributed by atoms with Gasteiger partial charge in [-0.25, -0.2) is 0 Å². The second-order valence-corrected chi connectivity index (χ2v) is 7.22. The van der Waals surface area contributed by atoms with E-state index in [0.29, 0.717) is 18.1 Å². The number of hydrogen-bond donors (Lipinski definition) is 2. The minimum Gasteiger partial charge on any atom is -0.393 e. The Bertz CT molecular complexity index is 518. The van der Waals surface area contributed by atoms with Gasteiger partial charge in [-0.2, -0.15) is 0 Å². The molecule has 2 N–H and O–H groups in total. The molecule has 0 spiro atoms. The van der Waals surface area contributed by atoms with Gasteiger partial charge in [0.25, 0.3) is 0 Å². The molecular weight excluding hydrogens is 284 g/mol. The van der Waals surface area contributed by atoms with E-state index in [2.05, 4.69) is 22.3 Å². The number of piperidine rings is 1. The van der Waals surface area contributed by atoms with Crippen molar-refractivity contribution in [3.63, 3.8) is 0 Å². The summed E-state index contributed by atoms with van der Waals surface area (Å²) in [4.78, 5) is 2.54. The highest BCUT2D eigenvalue weighted by atomic mass is 35.5. The van der Waals surface area contributed by atoms with Gasteiger partial charge < -0.3 is 15.3 Å². The SMILES string of the molecule is OC1CC2CCC(C1)N2c1cccc(Cl)c1CNC1CC1. The van der Waals surface area contributed by atoms with E-state index >= 15 is 0 Å². The van der Waals surface area contributed by atoms with Crippen LogP contribution in [0, 0.1) is 0 Å². The van der Waals surface area contributed by atoms with Gasteiger partial charge >= 0.3 is 0 Å². The lowest BCUT2D eigenvalue weighted by Gasteiger charge is -2.40. The standard InChI is InChI=1S/C17H23ClN2O/c18-16-2-1-3-17(15(16)10-19-11-4-5-11)20-12-6-7-13(20)9-14(21)8-12/h1-3,11-14,19,21H,4-10H2. The highest BCUT2D eigenvalue weighted by molar-refractivity contribution is 6.31. The molecule has 1 aliphatic carbocycles. The average Bonchev–Trinajstić information content (AvgIpc) is 3.23. The lowest BCUT2D eigenvalue weighted by Crippen LogP contribution is -2.45. The van der Waals surface area contributed by atoms with Crippen molar-refractivity contribution in [2.75, 3.05) is 4.90 Å². The molecule has 1 aromatic rings. The molecule has 2 unspecified atom stereocenters. The molecule has 4 heteroatoms. The molecule has 21 heavy (non-hydrogen) atoms. The Hall–Kier alpha value is -0.770. The van der Waals surface area contributed by atoms with Gasteiger partial charge in [-0.3, -0.25) is 0 Å². The van der Waals surface area contributed by atoms with Crippen LogP contribution >= 0.6 is 11.6 Å². The zero-order chi connectivity index (χ0) is 14.4. The van der Waals surface area contributed by atoms with Crippen LogP contribution in [0.25, 0.3) is 0 Å². The Morgan fingerprint density at radius 3 is 2.52 bits per heavy atom. The predicted molar refractivity (Wildman–Crippen MR) is 85.8 cm³/mol. The number of fused-ring (bicyclic) bond motifs is 2. The molecular formula is C17H23ClN2O. The molecule has 4 rings (SSSR count). The number of benzene rings is 1. The first kappa shape index (κ1) is 13.9. The maximum atomic E-state index is 10.00. The fourth-order valence-corrected chi connectivity index (χ4v) is 4.28. The van der Waals surface area contributed by atoms with E-state index in [0.717, 1.165) is 24.4 Å². The van der Waals surface area contributed by atoms with Gasteiger partial charge in [0.2, 0.25) is 0 Å². The van der Waals surface area contributed by atoms with Crippen molar-refractivity contribution in [1.29, 1.82) is 0 Å². The zero-order valence-electron chi connectivity index (χ0n) is 12.3. The fourth-order valence-electron chi connectivity index (χ4n) is 4.04. The monoisotopic (exact) mass is 306 g/mol. The average molecular weight is 307 g/mol. The number of aliphatic hydroxyl groups is 1. The number of nitrogens with one attached hydrogen (secondary N) is 1. The Morgan fingerprint density at radius 1 is 1.14 bits per heavy atom. The smallest absolute Gasteiger partial charge is 0.0579 e. The van der Waals surface area contributed by atoms with Crippen molar-refractivity contribution in [1.82, 2.24) is 5.32 Å². The van der Waals surface area contributed by atoms with Gasteiger partial charge in [0.15, 0.2) is 0 Å². The van der Waals surface area contributed by atoms with Crippen LogP contribution in [0.2, 0.25) is 5.02 Å². The molecule has 1 saturated carbocycles. The summed E-state index contributed by atoms with van der Waals surface area (Å²) in [5.74, 6) is 0. The molecule has 0 aromatic heterocycles. The Kier molecular flexibility index (Phi) is 3.60. The van der Waals surface area contributed by atoms with Crippen LogP contribution in [-0.4, -0.2) is 29.3 Å². The Morgan fingerprint density at radius 2 is 1.86 bits per heavy atom. The van der Waals surface area contributed by atoms with Crippen LogP contribution in [0.5, 0.6) is 0 Å². The van der Waals surface area contributed by atoms with Crippen LogP contribution in [0.1, 0.15) is 44.1 Å². The van der Waals surface area contributed by atoms with E-state index in [1.807, 2.05) is 6.07 Å². The fraction of sp³-hybridized carbons (Fsp3) is 0.647. The Labute approximate surface area is 131 Å². The molecule has 114 valence electrons. The largest absolute Gasteiger partial charge is 0.393 e. The molecule has 3 nitrogen and oxygen atoms in total. The summed E-state index contributed by atoms with van der Waals surface area (Å²) in [5, 5.41) is 14.5. The molecule has 2 aliphatic heterocycles. The lowest BCUT2D eigenvalue weighted by atomic mass is 9.97. The lowest BCUT2D eigenvalue weighted by molar-refractivity contribution is 0.126. The van der Waals surface area contributed by atoms with E-state index in [4.69, 9.17) is 11.6 Å². The van der Waals surface area contributed by atoms with E-state index in [1.165, 1.54) is 36.9 Å². The van der Waals surface area contributed by atoms with Crippen LogP contribution < -0.4 is 10.2 Å². The zero-order valence-corrected chi connectivity index (χ0v) is 13.0. The van der Waals surface area contributed by atoms with Gasteiger partial charge in [-0.05, 0) is 50.7 Å². The molecule has 1 aromatic carbocycles. The summed E-state index contributed by atoms with van der Waals surface area (Å²) in [6, 6.07) is 7.92. The van der Waals surface area contributed by atoms with Gasteiger partial charge in [-0.15, -0.1) is 0 Å². The highest BCUT2D eigenvalue weighted by Gasteiger charge is 2.41. The first-order valence-electron chi connectivity index (χ1n) is 8.19. The van der Waals surface area contributed by atoms with Crippen molar-refractivity contribution in [2.24, 2.45) is 0 Å². The summed E-state index contributed by atoms with van der Waals surface area (Å²) in [6.07, 6.45) is 6.66. The minimum atomic E-state index is -0.119. The molecule has 3 fully saturated rings. The van der Waals surface area contributed by atoms with Gasteiger partial charge in [0, 0.05) is 40.9 Å². The molecule has 0 radical (unpaired) electrons. The van der Waals surface area contributed by atoms with Crippen LogP contribution in [0.4, 0.5) is 5.69 Å². The third-order valence-corrected chi connectivity index (χ3v) is 5.58. The highest BCUT2D eigenvalue weighted by Crippen LogP contribution is 2.42. The number of nitrogens with zero attached hydrogens (tertiary/aromatic N) is 1. The summed E-state index contributed by atoms with van der Waals surface area (Å²) >= 11 is 6.48. The number of anilines is 1. The molecule has 2 atom stereocenters. The third-order valence-electron chi connectivity index (χ3n) is 5.23. The summed E-state index contributed by atoms with van der Waals surface area (Å²) in [5.41, 5.74) is 2.52. The van der Waals surface area contributed by atoms with Crippen LogP contribution in [0.15, 0.2) is 18.2 Å². The number of rotatable bonds is 4. The van der Waals surface area contributed by atoms with Gasteiger partial charge in [-0.1, -0.05) is 17.7 Å². The van der Waals surface area contributed by atoms with Crippen molar-refractivity contribution >= 4 is 17.3 Å². The van der Waals surface area contributed by atoms with Crippen molar-refractivity contribution in [3.8, 4) is 0 Å². The second-order valence-electron chi connectivity index (χ2n) is 6.81. The third kappa shape index (κ3) is 2.67. The van der Waals surface area contributed by atoms with Gasteiger partial charge in [0.05, 0.1) is 6.10 Å². The number of hydrogen-bond acceptors (Lipinski definition) is 3. The Balaban J connectivity index is 1.63. The van der Waals surface area contributed by atoms with Crippen LogP contribution in [-0.2, 0) is 6.54 Å². The topological polar surface area (TPSA) is 35.5 Å². The van der Waals surface area contributed by atoms with Crippen molar-refractivity contribution in [2.45, 2.75) is 69.3 Å². The molecule has 2 bridgehead atoms. The van der Waals surface area contributed by atoms with E-state index in [1.54, 1.807) is 0 Å². The summed E-state index contributed by atoms with van der Waals surface area (Å²) < 4.78 is 0. The summed E-state index contributed by atoms with van der Waals surface area (Å²) in [6.45, 7) is 0.859. The predicted octanol–water partition coefficient (Wildman–Crippen LogP) is 3.08. The number of aliphatic hydroxyl groups excluding tert-OH is 1. The van der Waals surface area contributed by atoms with E-state index in [9.17, 15) is 5.11 Å². The van der Waals surface area contributed by atoms with Crippen LogP contribution in [0.3, 0.4) is 0 Å². The van der Waals surface area contributed by atoms with E-state index in [-0.39, 0.29) is 6.10 Å². The van der Waals surface area contributed by atoms with Crippen molar-refractivity contribution in [3.05, 3.63) is 28.8 Å². The first-order chi connectivity index (χ1) is 10.2. The second kappa shape index (κ2) is 5.45. The molecule has 2 saturated heterocycles. The van der Waals surface area contributed by atoms with E-state index < -0.39 is 0 Å². The number of halogens is 1. The first-order valence-corrected chi connectivity index (χ1v) is 8.57. The quantitative estimate of drug-likeness (QED) is 0.897. The minimum absolute atomic E-state index is 0.119. The molecule has 2 heterocycles. The normalized spacial score (nSPS) is 31.7. The molecule has 3 aliphatic rings. The van der Waals surface area contributed by atoms with Gasteiger partial charge in [0.1, 0.15) is 0 Å².